The van der Waals surface area contributed by atoms with E-state index in [4.69, 9.17) is 14.2 Å². The van der Waals surface area contributed by atoms with Crippen molar-refractivity contribution >= 4 is 5.78 Å². The van der Waals surface area contributed by atoms with Gasteiger partial charge in [-0.15, -0.1) is 0 Å². The molecule has 5 fully saturated rings. The molecule has 7 aliphatic rings. The molecule has 9 heteroatoms. The number of aliphatic hydroxyl groups excluding tert-OH is 2. The van der Waals surface area contributed by atoms with Crippen LogP contribution < -0.4 is 5.32 Å². The molecule has 16 atom stereocenters. The Labute approximate surface area is 286 Å². The molecule has 1 spiro atoms. The number of carbonyl (C=O) groups is 1. The topological polar surface area (TPSA) is 138 Å². The maximum Gasteiger partial charge on any atom is 0.159 e. The van der Waals surface area contributed by atoms with Crippen molar-refractivity contribution in [3.05, 3.63) is 11.6 Å². The molecule has 0 radical (unpaired) electrons. The Morgan fingerprint density at radius 3 is 2.52 bits per heavy atom. The number of hydrogen-bond donors (Lipinski definition) is 5. The fourth-order valence-electron chi connectivity index (χ4n) is 12.3. The van der Waals surface area contributed by atoms with Crippen LogP contribution in [0.15, 0.2) is 11.6 Å². The smallest absolute Gasteiger partial charge is 0.159 e. The van der Waals surface area contributed by atoms with Crippen LogP contribution in [-0.4, -0.2) is 94.4 Å². The first-order valence-electron chi connectivity index (χ1n) is 18.8. The first-order chi connectivity index (χ1) is 22.7. The van der Waals surface area contributed by atoms with Crippen LogP contribution in [0.2, 0.25) is 0 Å². The molecule has 0 aromatic carbocycles. The van der Waals surface area contributed by atoms with Crippen molar-refractivity contribution in [2.24, 2.45) is 45.8 Å². The van der Waals surface area contributed by atoms with Crippen LogP contribution in [0.5, 0.6) is 0 Å². The number of nitrogens with one attached hydrogen (secondary N) is 1. The predicted octanol–water partition coefficient (Wildman–Crippen LogP) is 3.51. The molecule has 48 heavy (non-hydrogen) atoms. The lowest BCUT2D eigenvalue weighted by atomic mass is 9.43. The summed E-state index contributed by atoms with van der Waals surface area (Å²) in [4.78, 5) is 14.1. The number of methoxy groups -OCH3 is 1. The normalized spacial score (nSPS) is 54.1. The van der Waals surface area contributed by atoms with Crippen LogP contribution in [-0.2, 0) is 19.0 Å². The lowest BCUT2D eigenvalue weighted by Gasteiger charge is -2.62. The molecule has 9 nitrogen and oxygen atoms in total. The Morgan fingerprint density at radius 1 is 1.02 bits per heavy atom. The molecule has 2 heterocycles. The van der Waals surface area contributed by atoms with Crippen molar-refractivity contribution in [3.63, 3.8) is 0 Å². The van der Waals surface area contributed by atoms with E-state index >= 15 is 0 Å². The van der Waals surface area contributed by atoms with Crippen molar-refractivity contribution in [2.75, 3.05) is 20.3 Å². The molecular weight excluding hydrogens is 610 g/mol. The zero-order valence-electron chi connectivity index (χ0n) is 29.8. The van der Waals surface area contributed by atoms with Crippen LogP contribution in [0, 0.1) is 57.7 Å². The van der Waals surface area contributed by atoms with Gasteiger partial charge in [0.25, 0.3) is 0 Å². The van der Waals surface area contributed by atoms with Gasteiger partial charge in [-0.25, -0.2) is 0 Å². The standard InChI is InChI=1S/C39H59NO8/c1-7-23-9-14-38(37(5,44)33(42)31-22(2)25-20-29(23)40-34(43)32(25)48-31)15-16-39(45)27-21-30(41)28-19-24(47-18-8-17-46-6)10-12-35(28,3)26(27)11-13-36(38,39)4/h21-26,28-29,31-34,40,42-45H,7-8,10-13,15-20H2,1-6H3/t22-,23+,24+,25-,26+,28+,29-,31+,32-,33-,34+,35-,36-,37-,38+,39-/m1/s1. The summed E-state index contributed by atoms with van der Waals surface area (Å²) in [7, 11) is 1.69. The molecule has 5 N–H and O–H groups in total. The Hall–Kier alpha value is -1.35. The molecule has 0 amide bonds. The highest BCUT2D eigenvalue weighted by Crippen LogP contribution is 2.73. The number of ether oxygens (including phenoxy) is 3. The molecule has 0 unspecified atom stereocenters. The van der Waals surface area contributed by atoms with E-state index in [1.807, 2.05) is 6.92 Å². The van der Waals surface area contributed by atoms with Crippen molar-refractivity contribution in [1.82, 2.24) is 5.32 Å². The summed E-state index contributed by atoms with van der Waals surface area (Å²) in [5.41, 5.74) is -4.71. The first-order valence-corrected chi connectivity index (χ1v) is 18.8. The first kappa shape index (κ1) is 35.1. The highest BCUT2D eigenvalue weighted by Gasteiger charge is 2.76. The van der Waals surface area contributed by atoms with Crippen LogP contribution >= 0.6 is 0 Å². The number of allylic oxidation sites excluding steroid dienone is 1. The van der Waals surface area contributed by atoms with Gasteiger partial charge in [0.2, 0.25) is 0 Å². The third-order valence-electron chi connectivity index (χ3n) is 15.4. The number of piperidine rings is 1. The van der Waals surface area contributed by atoms with E-state index in [1.54, 1.807) is 20.1 Å². The van der Waals surface area contributed by atoms with Crippen molar-refractivity contribution < 1.29 is 39.4 Å². The van der Waals surface area contributed by atoms with E-state index in [9.17, 15) is 25.2 Å². The van der Waals surface area contributed by atoms with Gasteiger partial charge in [-0.3, -0.25) is 10.1 Å². The monoisotopic (exact) mass is 669 g/mol. The third kappa shape index (κ3) is 4.69. The van der Waals surface area contributed by atoms with Crippen molar-refractivity contribution in [2.45, 2.75) is 147 Å². The van der Waals surface area contributed by atoms with Crippen LogP contribution in [0.3, 0.4) is 0 Å². The lowest BCUT2D eigenvalue weighted by molar-refractivity contribution is -0.223. The number of fused-ring (bicyclic) bond motifs is 8. The summed E-state index contributed by atoms with van der Waals surface area (Å²) in [6.07, 6.45) is 5.37. The summed E-state index contributed by atoms with van der Waals surface area (Å²) in [5.74, 6) is 6.99. The minimum Gasteiger partial charge on any atom is -0.387 e. The fourth-order valence-corrected chi connectivity index (χ4v) is 12.3. The molecule has 5 aliphatic carbocycles. The summed E-state index contributed by atoms with van der Waals surface area (Å²) in [6, 6.07) is -0.0562. The number of hydrogen-bond acceptors (Lipinski definition) is 9. The predicted molar refractivity (Wildman–Crippen MR) is 179 cm³/mol. The molecule has 3 bridgehead atoms. The van der Waals surface area contributed by atoms with Crippen LogP contribution in [0.1, 0.15) is 98.8 Å². The van der Waals surface area contributed by atoms with E-state index in [-0.39, 0.29) is 52.9 Å². The van der Waals surface area contributed by atoms with Crippen LogP contribution in [0.25, 0.3) is 0 Å². The Morgan fingerprint density at radius 2 is 1.79 bits per heavy atom. The fraction of sp³-hybridized carbons (Fsp3) is 0.872. The second-order valence-electron chi connectivity index (χ2n) is 17.3. The second kappa shape index (κ2) is 12.1. The van der Waals surface area contributed by atoms with E-state index in [2.05, 4.69) is 37.9 Å². The van der Waals surface area contributed by atoms with Crippen molar-refractivity contribution in [3.8, 4) is 11.8 Å². The van der Waals surface area contributed by atoms with Crippen LogP contribution in [0.4, 0.5) is 0 Å². The van der Waals surface area contributed by atoms with Crippen molar-refractivity contribution in [1.29, 1.82) is 0 Å². The van der Waals surface area contributed by atoms with E-state index in [1.165, 1.54) is 0 Å². The van der Waals surface area contributed by atoms with Gasteiger partial charge < -0.3 is 34.6 Å². The maximum atomic E-state index is 14.1. The molecule has 0 aromatic heterocycles. The third-order valence-corrected chi connectivity index (χ3v) is 15.4. The highest BCUT2D eigenvalue weighted by molar-refractivity contribution is 5.95. The zero-order chi connectivity index (χ0) is 34.4. The Kier molecular flexibility index (Phi) is 8.86. The van der Waals surface area contributed by atoms with E-state index in [0.29, 0.717) is 38.9 Å². The Bertz CT molecular complexity index is 1370. The molecule has 7 rings (SSSR count). The van der Waals surface area contributed by atoms with Gasteiger partial charge in [-0.1, -0.05) is 39.5 Å². The molecule has 268 valence electrons. The maximum absolute atomic E-state index is 14.1. The second-order valence-corrected chi connectivity index (χ2v) is 17.3. The summed E-state index contributed by atoms with van der Waals surface area (Å²) in [5, 5.41) is 52.6. The molecule has 2 aliphatic heterocycles. The van der Waals surface area contributed by atoms with E-state index in [0.717, 1.165) is 44.1 Å². The minimum atomic E-state index is -1.75. The summed E-state index contributed by atoms with van der Waals surface area (Å²) in [6.45, 7) is 11.4. The number of rotatable bonds is 6. The van der Waals surface area contributed by atoms with Gasteiger partial charge >= 0.3 is 0 Å². The molecule has 0 aromatic rings. The van der Waals surface area contributed by atoms with Gasteiger partial charge in [0.1, 0.15) is 24.0 Å². The van der Waals surface area contributed by atoms with Gasteiger partial charge in [0, 0.05) is 43.6 Å². The van der Waals surface area contributed by atoms with E-state index < -0.39 is 46.6 Å². The summed E-state index contributed by atoms with van der Waals surface area (Å²) >= 11 is 0. The van der Waals surface area contributed by atoms with Gasteiger partial charge in [0.15, 0.2) is 5.78 Å². The minimum absolute atomic E-state index is 0.0241. The number of aliphatic hydroxyl groups is 4. The number of carbonyl (C=O) groups excluding carboxylic acids is 1. The quantitative estimate of drug-likeness (QED) is 0.213. The lowest BCUT2D eigenvalue weighted by Crippen LogP contribution is -2.68. The number of ketones is 1. The molecular formula is C39H59NO8. The highest BCUT2D eigenvalue weighted by atomic mass is 16.5. The Balaban J connectivity index is 1.27. The molecule has 2 saturated heterocycles. The van der Waals surface area contributed by atoms with Gasteiger partial charge in [-0.05, 0) is 106 Å². The average Bonchev–Trinajstić information content (AvgIpc) is 3.51. The van der Waals surface area contributed by atoms with Gasteiger partial charge in [0.05, 0.1) is 23.2 Å². The SMILES string of the molecule is CC[C@H]1C#C[C@@]2(CC[C@@]3(O)C4=CC(=O)[C@@H]5C[C@@H](OCCCOC)CC[C@]5(C)[C@H]4CC[C@]23C)[C@](C)(O)[C@H](O)[C@H]2O[C@@H]3[C@H](C[C@H]1N[C@H]3O)[C@H]2C. The zero-order valence-corrected chi connectivity index (χ0v) is 29.8. The van der Waals surface area contributed by atoms with Gasteiger partial charge in [-0.2, -0.15) is 0 Å². The average molecular weight is 670 g/mol. The largest absolute Gasteiger partial charge is 0.387 e. The molecule has 3 saturated carbocycles. The summed E-state index contributed by atoms with van der Waals surface area (Å²) < 4.78 is 17.8.